The molecule has 0 saturated carbocycles. The van der Waals surface area contributed by atoms with E-state index in [1.165, 1.54) is 11.8 Å². The quantitative estimate of drug-likeness (QED) is 0.677. The van der Waals surface area contributed by atoms with Gasteiger partial charge < -0.3 is 10.3 Å². The highest BCUT2D eigenvalue weighted by Gasteiger charge is 2.05. The van der Waals surface area contributed by atoms with Crippen molar-refractivity contribution >= 4 is 50.8 Å². The number of hydrogen-bond acceptors (Lipinski definition) is 4. The third-order valence-electron chi connectivity index (χ3n) is 3.35. The van der Waals surface area contributed by atoms with E-state index in [0.29, 0.717) is 38.4 Å². The molecular weight excluding hydrogens is 362 g/mol. The van der Waals surface area contributed by atoms with E-state index in [2.05, 4.69) is 15.3 Å². The maximum absolute atomic E-state index is 12.0. The molecule has 0 spiro atoms. The number of rotatable bonds is 4. The van der Waals surface area contributed by atoms with E-state index < -0.39 is 0 Å². The zero-order valence-electron chi connectivity index (χ0n) is 12.6. The Bertz CT molecular complexity index is 925. The molecule has 4 nitrogen and oxygen atoms in total. The molecule has 0 unspecified atom stereocenters. The summed E-state index contributed by atoms with van der Waals surface area (Å²) in [6.45, 7) is 0.630. The van der Waals surface area contributed by atoms with E-state index in [1.807, 2.05) is 42.5 Å². The van der Waals surface area contributed by atoms with Crippen LogP contribution >= 0.6 is 35.6 Å². The number of nitrogens with zero attached hydrogens (tertiary/aromatic N) is 1. The van der Waals surface area contributed by atoms with Crippen molar-refractivity contribution in [3.63, 3.8) is 0 Å². The average molecular weight is 376 g/mol. The van der Waals surface area contributed by atoms with Crippen LogP contribution in [0.25, 0.3) is 10.9 Å². The lowest BCUT2D eigenvalue weighted by Gasteiger charge is -2.08. The highest BCUT2D eigenvalue weighted by Crippen LogP contribution is 2.13. The summed E-state index contributed by atoms with van der Waals surface area (Å²) in [6.07, 6.45) is 0. The van der Waals surface area contributed by atoms with Gasteiger partial charge in [0.25, 0.3) is 5.56 Å². The molecule has 0 aliphatic heterocycles. The molecule has 0 aliphatic rings. The molecule has 1 heterocycles. The fraction of sp³-hybridized carbons (Fsp3) is 0.118. The molecule has 2 N–H and O–H groups in total. The topological polar surface area (TPSA) is 57.8 Å². The first-order valence-corrected chi connectivity index (χ1v) is 9.02. The number of aromatic nitrogens is 2. The third-order valence-corrected chi connectivity index (χ3v) is 4.93. The second kappa shape index (κ2) is 7.79. The lowest BCUT2D eigenvalue weighted by atomic mass is 10.2. The van der Waals surface area contributed by atoms with Crippen molar-refractivity contribution < 1.29 is 0 Å². The van der Waals surface area contributed by atoms with Gasteiger partial charge in [-0.3, -0.25) is 4.79 Å². The fourth-order valence-electron chi connectivity index (χ4n) is 2.16. The highest BCUT2D eigenvalue weighted by molar-refractivity contribution is 8.22. The van der Waals surface area contributed by atoms with Gasteiger partial charge in [0.15, 0.2) is 0 Å². The first-order valence-electron chi connectivity index (χ1n) is 7.25. The van der Waals surface area contributed by atoms with Crippen molar-refractivity contribution in [1.29, 1.82) is 0 Å². The minimum atomic E-state index is -0.128. The second-order valence-corrected chi connectivity index (χ2v) is 7.17. The van der Waals surface area contributed by atoms with Crippen LogP contribution < -0.4 is 10.9 Å². The summed E-state index contributed by atoms with van der Waals surface area (Å²) in [5.41, 5.74) is 1.66. The molecule has 24 heavy (non-hydrogen) atoms. The monoisotopic (exact) mass is 375 g/mol. The molecule has 2 aromatic carbocycles. The van der Waals surface area contributed by atoms with E-state index in [-0.39, 0.29) is 5.56 Å². The molecule has 3 rings (SSSR count). The third kappa shape index (κ3) is 4.35. The number of hydrogen-bond donors (Lipinski definition) is 2. The number of benzene rings is 2. The predicted molar refractivity (Wildman–Crippen MR) is 105 cm³/mol. The Morgan fingerprint density at radius 3 is 2.75 bits per heavy atom. The normalized spacial score (nSPS) is 10.7. The number of fused-ring (bicyclic) bond motifs is 1. The molecule has 0 aliphatic carbocycles. The van der Waals surface area contributed by atoms with Gasteiger partial charge in [0.1, 0.15) is 10.1 Å². The van der Waals surface area contributed by atoms with E-state index in [1.54, 1.807) is 6.07 Å². The fourth-order valence-corrected chi connectivity index (χ4v) is 3.12. The molecule has 0 amide bonds. The largest absolute Gasteiger partial charge is 0.367 e. The number of para-hydroxylation sites is 1. The molecule has 122 valence electrons. The van der Waals surface area contributed by atoms with Crippen LogP contribution in [-0.2, 0) is 12.3 Å². The van der Waals surface area contributed by atoms with Gasteiger partial charge in [0.2, 0.25) is 0 Å². The Kier molecular flexibility index (Phi) is 5.50. The molecule has 1 aromatic heterocycles. The standard InChI is InChI=1S/C17H14ClN3OS2/c18-12-7-5-11(6-8-12)9-19-17(23)24-10-15-20-14-4-2-1-3-13(14)16(22)21-15/h1-8H,9-10H2,(H,19,23)(H,20,21,22). The van der Waals surface area contributed by atoms with E-state index in [4.69, 9.17) is 23.8 Å². The van der Waals surface area contributed by atoms with Gasteiger partial charge in [-0.2, -0.15) is 0 Å². The molecule has 0 fully saturated rings. The Morgan fingerprint density at radius 2 is 1.96 bits per heavy atom. The Morgan fingerprint density at radius 1 is 1.21 bits per heavy atom. The Balaban J connectivity index is 1.58. The molecule has 3 aromatic rings. The van der Waals surface area contributed by atoms with Crippen LogP contribution in [0.4, 0.5) is 0 Å². The lowest BCUT2D eigenvalue weighted by Crippen LogP contribution is -2.18. The van der Waals surface area contributed by atoms with Crippen LogP contribution in [0.2, 0.25) is 5.02 Å². The maximum Gasteiger partial charge on any atom is 0.258 e. The van der Waals surface area contributed by atoms with Crippen molar-refractivity contribution in [3.05, 3.63) is 75.3 Å². The first-order chi connectivity index (χ1) is 11.6. The van der Waals surface area contributed by atoms with Crippen LogP contribution in [-0.4, -0.2) is 14.3 Å². The van der Waals surface area contributed by atoms with Crippen LogP contribution in [0.15, 0.2) is 53.3 Å². The average Bonchev–Trinajstić information content (AvgIpc) is 2.59. The molecule has 0 saturated heterocycles. The molecule has 0 atom stereocenters. The minimum Gasteiger partial charge on any atom is -0.367 e. The van der Waals surface area contributed by atoms with Gasteiger partial charge in [-0.05, 0) is 29.8 Å². The molecule has 0 radical (unpaired) electrons. The SMILES string of the molecule is O=c1[nH]c(CSC(=S)NCc2ccc(Cl)cc2)nc2ccccc12. The van der Waals surface area contributed by atoms with Gasteiger partial charge in [-0.25, -0.2) is 4.98 Å². The Hall–Kier alpha value is -1.89. The summed E-state index contributed by atoms with van der Waals surface area (Å²) >= 11 is 12.6. The number of H-pyrrole nitrogens is 1. The van der Waals surface area contributed by atoms with Crippen LogP contribution in [0.1, 0.15) is 11.4 Å². The zero-order chi connectivity index (χ0) is 16.9. The summed E-state index contributed by atoms with van der Waals surface area (Å²) in [5, 5.41) is 4.47. The van der Waals surface area contributed by atoms with E-state index in [9.17, 15) is 4.79 Å². The predicted octanol–water partition coefficient (Wildman–Crippen LogP) is 3.88. The summed E-state index contributed by atoms with van der Waals surface area (Å²) < 4.78 is 0.653. The summed E-state index contributed by atoms with van der Waals surface area (Å²) in [6, 6.07) is 14.9. The number of halogens is 1. The lowest BCUT2D eigenvalue weighted by molar-refractivity contribution is 0.939. The van der Waals surface area contributed by atoms with Crippen LogP contribution in [0.5, 0.6) is 0 Å². The van der Waals surface area contributed by atoms with Crippen LogP contribution in [0, 0.1) is 0 Å². The number of thioether (sulfide) groups is 1. The number of nitrogens with one attached hydrogen (secondary N) is 2. The van der Waals surface area contributed by atoms with Crippen molar-refractivity contribution in [2.75, 3.05) is 0 Å². The second-order valence-electron chi connectivity index (χ2n) is 5.09. The smallest absolute Gasteiger partial charge is 0.258 e. The van der Waals surface area contributed by atoms with Crippen molar-refractivity contribution in [1.82, 2.24) is 15.3 Å². The summed E-state index contributed by atoms with van der Waals surface area (Å²) in [7, 11) is 0. The molecule has 7 heteroatoms. The zero-order valence-corrected chi connectivity index (χ0v) is 15.0. The first kappa shape index (κ1) is 17.0. The number of thiocarbonyl (C=S) groups is 1. The van der Waals surface area contributed by atoms with Gasteiger partial charge in [-0.1, -0.05) is 59.8 Å². The van der Waals surface area contributed by atoms with Gasteiger partial charge in [-0.15, -0.1) is 0 Å². The number of aromatic amines is 1. The Labute approximate surface area is 153 Å². The molecule has 0 bridgehead atoms. The maximum atomic E-state index is 12.0. The van der Waals surface area contributed by atoms with Crippen molar-refractivity contribution in [2.24, 2.45) is 0 Å². The van der Waals surface area contributed by atoms with Crippen molar-refractivity contribution in [2.45, 2.75) is 12.3 Å². The van der Waals surface area contributed by atoms with E-state index in [0.717, 1.165) is 5.56 Å². The molecular formula is C17H14ClN3OS2. The summed E-state index contributed by atoms with van der Waals surface area (Å²) in [5.74, 6) is 1.12. The minimum absolute atomic E-state index is 0.128. The van der Waals surface area contributed by atoms with Crippen molar-refractivity contribution in [3.8, 4) is 0 Å². The highest BCUT2D eigenvalue weighted by atomic mass is 35.5. The van der Waals surface area contributed by atoms with Gasteiger partial charge in [0.05, 0.1) is 16.7 Å². The van der Waals surface area contributed by atoms with Crippen LogP contribution in [0.3, 0.4) is 0 Å². The van der Waals surface area contributed by atoms with Gasteiger partial charge >= 0.3 is 0 Å². The van der Waals surface area contributed by atoms with E-state index >= 15 is 0 Å². The summed E-state index contributed by atoms with van der Waals surface area (Å²) in [4.78, 5) is 19.3. The van der Waals surface area contributed by atoms with Gasteiger partial charge in [0, 0.05) is 11.6 Å².